The highest BCUT2D eigenvalue weighted by atomic mass is 35.5. The van der Waals surface area contributed by atoms with E-state index in [0.29, 0.717) is 18.1 Å². The quantitative estimate of drug-likeness (QED) is 0.864. The lowest BCUT2D eigenvalue weighted by atomic mass is 10.2. The highest BCUT2D eigenvalue weighted by molar-refractivity contribution is 7.10. The Bertz CT molecular complexity index is 637. The van der Waals surface area contributed by atoms with E-state index in [1.807, 2.05) is 36.6 Å². The Labute approximate surface area is 128 Å². The van der Waals surface area contributed by atoms with Crippen LogP contribution in [0.15, 0.2) is 29.6 Å². The van der Waals surface area contributed by atoms with Gasteiger partial charge in [-0.1, -0.05) is 23.4 Å². The van der Waals surface area contributed by atoms with Crippen LogP contribution in [0.25, 0.3) is 0 Å². The third-order valence-electron chi connectivity index (χ3n) is 2.70. The topological polar surface area (TPSA) is 29.5 Å². The molecule has 1 heterocycles. The van der Waals surface area contributed by atoms with Crippen molar-refractivity contribution in [2.75, 3.05) is 6.61 Å². The van der Waals surface area contributed by atoms with Gasteiger partial charge in [0.1, 0.15) is 12.4 Å². The zero-order valence-electron chi connectivity index (χ0n) is 11.1. The van der Waals surface area contributed by atoms with Crippen molar-refractivity contribution >= 4 is 22.9 Å². The van der Waals surface area contributed by atoms with Crippen LogP contribution >= 0.6 is 22.9 Å². The van der Waals surface area contributed by atoms with Crippen LogP contribution in [0.2, 0.25) is 5.02 Å². The van der Waals surface area contributed by atoms with Gasteiger partial charge in [-0.25, -0.2) is 0 Å². The minimum Gasteiger partial charge on any atom is -0.488 e. The molecule has 0 saturated carbocycles. The lowest BCUT2D eigenvalue weighted by Gasteiger charge is -2.08. The van der Waals surface area contributed by atoms with E-state index in [4.69, 9.17) is 21.4 Å². The molecule has 2 aromatic rings. The van der Waals surface area contributed by atoms with Crippen LogP contribution < -0.4 is 4.74 Å². The van der Waals surface area contributed by atoms with Crippen LogP contribution in [0.5, 0.6) is 5.75 Å². The molecule has 0 aliphatic rings. The standard InChI is InChI=1S/C16H15ClO2S/c1-12-10-14(17)5-6-15(12)19-11-16-13(7-9-20-16)4-2-3-8-18/h5-7,9-10,18H,3,8,11H2,1H3. The van der Waals surface area contributed by atoms with Gasteiger partial charge in [-0.15, -0.1) is 11.3 Å². The SMILES string of the molecule is Cc1cc(Cl)ccc1OCc1sccc1C#CCCO. The summed E-state index contributed by atoms with van der Waals surface area (Å²) in [6, 6.07) is 7.55. The van der Waals surface area contributed by atoms with Crippen LogP contribution in [0.4, 0.5) is 0 Å². The number of halogens is 1. The van der Waals surface area contributed by atoms with Gasteiger partial charge in [0.05, 0.1) is 11.5 Å². The highest BCUT2D eigenvalue weighted by Crippen LogP contribution is 2.24. The molecule has 4 heteroatoms. The summed E-state index contributed by atoms with van der Waals surface area (Å²) in [5.41, 5.74) is 1.98. The molecular formula is C16H15ClO2S. The number of benzene rings is 1. The number of ether oxygens (including phenoxy) is 1. The summed E-state index contributed by atoms with van der Waals surface area (Å²) in [5, 5.41) is 11.4. The second-order valence-corrected chi connectivity index (χ2v) is 5.67. The van der Waals surface area contributed by atoms with Crippen LogP contribution in [0, 0.1) is 18.8 Å². The molecule has 1 N–H and O–H groups in total. The Kier molecular flexibility index (Phi) is 5.49. The monoisotopic (exact) mass is 306 g/mol. The Morgan fingerprint density at radius 2 is 2.20 bits per heavy atom. The normalized spacial score (nSPS) is 9.95. The van der Waals surface area contributed by atoms with E-state index in [9.17, 15) is 0 Å². The van der Waals surface area contributed by atoms with E-state index in [2.05, 4.69) is 11.8 Å². The van der Waals surface area contributed by atoms with Crippen molar-refractivity contribution in [1.82, 2.24) is 0 Å². The Morgan fingerprint density at radius 3 is 2.95 bits per heavy atom. The summed E-state index contributed by atoms with van der Waals surface area (Å²) in [4.78, 5) is 1.09. The van der Waals surface area contributed by atoms with Gasteiger partial charge in [-0.2, -0.15) is 0 Å². The zero-order chi connectivity index (χ0) is 14.4. The van der Waals surface area contributed by atoms with Gasteiger partial charge in [-0.3, -0.25) is 0 Å². The van der Waals surface area contributed by atoms with Crippen LogP contribution in [-0.4, -0.2) is 11.7 Å². The minimum atomic E-state index is 0.0902. The van der Waals surface area contributed by atoms with Gasteiger partial charge in [-0.05, 0) is 42.1 Å². The van der Waals surface area contributed by atoms with Crippen molar-refractivity contribution < 1.29 is 9.84 Å². The second-order valence-electron chi connectivity index (χ2n) is 4.23. The molecule has 0 spiro atoms. The smallest absolute Gasteiger partial charge is 0.124 e. The van der Waals surface area contributed by atoms with Gasteiger partial charge in [0.15, 0.2) is 0 Å². The van der Waals surface area contributed by atoms with Crippen LogP contribution in [0.1, 0.15) is 22.4 Å². The summed E-state index contributed by atoms with van der Waals surface area (Å²) in [6.45, 7) is 2.55. The van der Waals surface area contributed by atoms with Crippen molar-refractivity contribution in [3.63, 3.8) is 0 Å². The summed E-state index contributed by atoms with van der Waals surface area (Å²) in [6.07, 6.45) is 0.492. The highest BCUT2D eigenvalue weighted by Gasteiger charge is 2.05. The average Bonchev–Trinajstić information content (AvgIpc) is 2.86. The summed E-state index contributed by atoms with van der Waals surface area (Å²) < 4.78 is 5.82. The molecule has 0 atom stereocenters. The number of aryl methyl sites for hydroxylation is 1. The first-order chi connectivity index (χ1) is 9.70. The maximum absolute atomic E-state index is 8.73. The fourth-order valence-corrected chi connectivity index (χ4v) is 2.66. The van der Waals surface area contributed by atoms with Crippen molar-refractivity contribution in [3.05, 3.63) is 50.7 Å². The van der Waals surface area contributed by atoms with E-state index in [1.54, 1.807) is 11.3 Å². The average molecular weight is 307 g/mol. The molecule has 0 saturated heterocycles. The van der Waals surface area contributed by atoms with Crippen LogP contribution in [0.3, 0.4) is 0 Å². The molecule has 0 aliphatic carbocycles. The molecule has 2 rings (SSSR count). The Morgan fingerprint density at radius 1 is 1.35 bits per heavy atom. The van der Waals surface area contributed by atoms with E-state index >= 15 is 0 Å². The van der Waals surface area contributed by atoms with E-state index in [0.717, 1.165) is 21.8 Å². The number of thiophene rings is 1. The van der Waals surface area contributed by atoms with Crippen molar-refractivity contribution in [1.29, 1.82) is 0 Å². The first-order valence-corrected chi connectivity index (χ1v) is 7.51. The number of hydrogen-bond acceptors (Lipinski definition) is 3. The molecule has 1 aromatic heterocycles. The number of rotatable bonds is 4. The van der Waals surface area contributed by atoms with E-state index in [1.165, 1.54) is 0 Å². The van der Waals surface area contributed by atoms with Gasteiger partial charge in [0.25, 0.3) is 0 Å². The first-order valence-electron chi connectivity index (χ1n) is 6.25. The number of aliphatic hydroxyl groups is 1. The van der Waals surface area contributed by atoms with E-state index < -0.39 is 0 Å². The molecule has 2 nitrogen and oxygen atoms in total. The Hall–Kier alpha value is -1.47. The van der Waals surface area contributed by atoms with Gasteiger partial charge < -0.3 is 9.84 Å². The molecular weight excluding hydrogens is 292 g/mol. The molecule has 104 valence electrons. The predicted molar refractivity (Wildman–Crippen MR) is 83.4 cm³/mol. The lowest BCUT2D eigenvalue weighted by molar-refractivity contribution is 0.305. The molecule has 0 radical (unpaired) electrons. The number of aliphatic hydroxyl groups excluding tert-OH is 1. The maximum atomic E-state index is 8.73. The van der Waals surface area contributed by atoms with Crippen molar-refractivity contribution in [3.8, 4) is 17.6 Å². The Balaban J connectivity index is 2.04. The molecule has 0 amide bonds. The fourth-order valence-electron chi connectivity index (χ4n) is 1.70. The minimum absolute atomic E-state index is 0.0902. The fraction of sp³-hybridized carbons (Fsp3) is 0.250. The molecule has 0 fully saturated rings. The van der Waals surface area contributed by atoms with E-state index in [-0.39, 0.29) is 6.61 Å². The summed E-state index contributed by atoms with van der Waals surface area (Å²) in [5.74, 6) is 6.81. The molecule has 0 unspecified atom stereocenters. The lowest BCUT2D eigenvalue weighted by Crippen LogP contribution is -1.96. The molecule has 1 aromatic carbocycles. The number of hydrogen-bond donors (Lipinski definition) is 1. The summed E-state index contributed by atoms with van der Waals surface area (Å²) in [7, 11) is 0. The van der Waals surface area contributed by atoms with Crippen molar-refractivity contribution in [2.45, 2.75) is 20.0 Å². The molecule has 0 bridgehead atoms. The second kappa shape index (κ2) is 7.35. The maximum Gasteiger partial charge on any atom is 0.124 e. The third kappa shape index (κ3) is 4.01. The van der Waals surface area contributed by atoms with Crippen LogP contribution in [-0.2, 0) is 6.61 Å². The molecule has 20 heavy (non-hydrogen) atoms. The molecule has 0 aliphatic heterocycles. The largest absolute Gasteiger partial charge is 0.488 e. The zero-order valence-corrected chi connectivity index (χ0v) is 12.7. The van der Waals surface area contributed by atoms with Crippen molar-refractivity contribution in [2.24, 2.45) is 0 Å². The first kappa shape index (κ1) is 14.9. The predicted octanol–water partition coefficient (Wildman–Crippen LogP) is 4.02. The third-order valence-corrected chi connectivity index (χ3v) is 3.83. The van der Waals surface area contributed by atoms with Gasteiger partial charge >= 0.3 is 0 Å². The van der Waals surface area contributed by atoms with Gasteiger partial charge in [0, 0.05) is 17.0 Å². The summed E-state index contributed by atoms with van der Waals surface area (Å²) >= 11 is 7.54. The van der Waals surface area contributed by atoms with Gasteiger partial charge in [0.2, 0.25) is 0 Å².